The Kier molecular flexibility index (Phi) is 4.80. The first-order chi connectivity index (χ1) is 8.94. The van der Waals surface area contributed by atoms with E-state index in [9.17, 15) is 13.6 Å². The van der Waals surface area contributed by atoms with Gasteiger partial charge in [0.1, 0.15) is 0 Å². The minimum Gasteiger partial charge on any atom is -0.481 e. The van der Waals surface area contributed by atoms with E-state index in [4.69, 9.17) is 16.7 Å². The van der Waals surface area contributed by atoms with Crippen LogP contribution in [0, 0.1) is 19.3 Å². The Morgan fingerprint density at radius 2 is 1.75 bits per heavy atom. The second-order valence-electron chi connectivity index (χ2n) is 6.03. The van der Waals surface area contributed by atoms with Crippen molar-refractivity contribution in [2.45, 2.75) is 46.5 Å². The molecule has 0 amide bonds. The number of halogens is 3. The third-order valence-electron chi connectivity index (χ3n) is 3.31. The van der Waals surface area contributed by atoms with Crippen LogP contribution in [0.25, 0.3) is 0 Å². The van der Waals surface area contributed by atoms with Crippen molar-refractivity contribution in [3.05, 3.63) is 33.8 Å². The van der Waals surface area contributed by atoms with Gasteiger partial charge in [0.05, 0.1) is 11.4 Å². The zero-order chi connectivity index (χ0) is 15.7. The van der Waals surface area contributed by atoms with Crippen molar-refractivity contribution in [2.75, 3.05) is 0 Å². The summed E-state index contributed by atoms with van der Waals surface area (Å²) in [4.78, 5) is 10.7. The van der Waals surface area contributed by atoms with Crippen molar-refractivity contribution < 1.29 is 18.7 Å². The molecule has 0 radical (unpaired) electrons. The molecule has 0 spiro atoms. The van der Waals surface area contributed by atoms with Crippen molar-refractivity contribution in [3.8, 4) is 0 Å². The van der Waals surface area contributed by atoms with Crippen LogP contribution in [0.15, 0.2) is 12.1 Å². The summed E-state index contributed by atoms with van der Waals surface area (Å²) in [6.45, 7) is 6.58. The Bertz CT molecular complexity index is 525. The normalized spacial score (nSPS) is 12.6. The van der Waals surface area contributed by atoms with Gasteiger partial charge in [-0.05, 0) is 42.5 Å². The lowest BCUT2D eigenvalue weighted by molar-refractivity contribution is -0.140. The number of aryl methyl sites for hydroxylation is 2. The van der Waals surface area contributed by atoms with Gasteiger partial charge in [-0.15, -0.1) is 0 Å². The summed E-state index contributed by atoms with van der Waals surface area (Å²) in [6.07, 6.45) is -0.875. The van der Waals surface area contributed by atoms with Gasteiger partial charge in [0.2, 0.25) is 0 Å². The molecule has 0 saturated heterocycles. The number of alkyl halides is 2. The van der Waals surface area contributed by atoms with Crippen LogP contribution in [0.3, 0.4) is 0 Å². The van der Waals surface area contributed by atoms with Crippen molar-refractivity contribution >= 4 is 17.6 Å². The summed E-state index contributed by atoms with van der Waals surface area (Å²) < 4.78 is 28.8. The highest BCUT2D eigenvalue weighted by molar-refractivity contribution is 6.31. The average molecular weight is 305 g/mol. The third-order valence-corrected chi connectivity index (χ3v) is 3.62. The van der Waals surface area contributed by atoms with E-state index in [2.05, 4.69) is 0 Å². The summed E-state index contributed by atoms with van der Waals surface area (Å²) in [6, 6.07) is 2.90. The van der Waals surface area contributed by atoms with Gasteiger partial charge in [-0.1, -0.05) is 25.4 Å². The molecule has 0 bridgehead atoms. The zero-order valence-corrected chi connectivity index (χ0v) is 12.8. The van der Waals surface area contributed by atoms with Crippen LogP contribution in [0.1, 0.15) is 43.4 Å². The first kappa shape index (κ1) is 16.9. The quantitative estimate of drug-likeness (QED) is 0.836. The van der Waals surface area contributed by atoms with Gasteiger partial charge in [0.25, 0.3) is 5.92 Å². The number of aliphatic carboxylic acids is 1. The predicted molar refractivity (Wildman–Crippen MR) is 75.5 cm³/mol. The Balaban J connectivity index is 3.11. The van der Waals surface area contributed by atoms with E-state index < -0.39 is 23.7 Å². The molecule has 20 heavy (non-hydrogen) atoms. The molecule has 5 heteroatoms. The molecule has 0 unspecified atom stereocenters. The standard InChI is InChI=1S/C15H19ClF2O2/c1-9-5-11(12(16)6-10(9)2)15(17,18)8-14(3,4)7-13(19)20/h5-6H,7-8H2,1-4H3,(H,19,20). The minimum atomic E-state index is -3.16. The van der Waals surface area contributed by atoms with Gasteiger partial charge in [-0.3, -0.25) is 4.79 Å². The van der Waals surface area contributed by atoms with Crippen LogP contribution >= 0.6 is 11.6 Å². The van der Waals surface area contributed by atoms with Gasteiger partial charge in [-0.2, -0.15) is 0 Å². The maximum atomic E-state index is 14.4. The monoisotopic (exact) mass is 304 g/mol. The molecule has 0 heterocycles. The van der Waals surface area contributed by atoms with Crippen LogP contribution in [-0.2, 0) is 10.7 Å². The van der Waals surface area contributed by atoms with E-state index in [1.165, 1.54) is 26.0 Å². The summed E-state index contributed by atoms with van der Waals surface area (Å²) >= 11 is 5.92. The molecule has 1 aromatic carbocycles. The number of carboxylic acids is 1. The van der Waals surface area contributed by atoms with Crippen LogP contribution < -0.4 is 0 Å². The molecule has 0 aliphatic carbocycles. The maximum absolute atomic E-state index is 14.4. The Labute approximate surface area is 122 Å². The van der Waals surface area contributed by atoms with E-state index >= 15 is 0 Å². The molecular formula is C15H19ClF2O2. The first-order valence-electron chi connectivity index (χ1n) is 6.31. The van der Waals surface area contributed by atoms with E-state index in [-0.39, 0.29) is 17.0 Å². The van der Waals surface area contributed by atoms with Crippen LogP contribution in [-0.4, -0.2) is 11.1 Å². The summed E-state index contributed by atoms with van der Waals surface area (Å²) in [5.74, 6) is -4.24. The fourth-order valence-electron chi connectivity index (χ4n) is 2.23. The SMILES string of the molecule is Cc1cc(Cl)c(C(F)(F)CC(C)(C)CC(=O)O)cc1C. The molecule has 0 aliphatic rings. The van der Waals surface area contributed by atoms with Crippen molar-refractivity contribution in [1.29, 1.82) is 0 Å². The lowest BCUT2D eigenvalue weighted by Gasteiger charge is -2.29. The fourth-order valence-corrected chi connectivity index (χ4v) is 2.59. The first-order valence-corrected chi connectivity index (χ1v) is 6.69. The molecule has 0 fully saturated rings. The van der Waals surface area contributed by atoms with Gasteiger partial charge in [-0.25, -0.2) is 8.78 Å². The molecular weight excluding hydrogens is 286 g/mol. The van der Waals surface area contributed by atoms with E-state index in [1.807, 2.05) is 0 Å². The number of carboxylic acid groups (broad SMARTS) is 1. The molecule has 0 atom stereocenters. The topological polar surface area (TPSA) is 37.3 Å². The van der Waals surface area contributed by atoms with Crippen LogP contribution in [0.5, 0.6) is 0 Å². The van der Waals surface area contributed by atoms with Crippen LogP contribution in [0.2, 0.25) is 5.02 Å². The molecule has 0 saturated carbocycles. The van der Waals surface area contributed by atoms with Crippen molar-refractivity contribution in [3.63, 3.8) is 0 Å². The van der Waals surface area contributed by atoms with Gasteiger partial charge in [0.15, 0.2) is 0 Å². The smallest absolute Gasteiger partial charge is 0.303 e. The van der Waals surface area contributed by atoms with Gasteiger partial charge in [0, 0.05) is 12.0 Å². The largest absolute Gasteiger partial charge is 0.481 e. The average Bonchev–Trinajstić information content (AvgIpc) is 2.19. The molecule has 1 rings (SSSR count). The Hall–Kier alpha value is -1.16. The lowest BCUT2D eigenvalue weighted by Crippen LogP contribution is -2.27. The number of hydrogen-bond donors (Lipinski definition) is 1. The van der Waals surface area contributed by atoms with E-state index in [1.54, 1.807) is 13.8 Å². The summed E-state index contributed by atoms with van der Waals surface area (Å²) in [5.41, 5.74) is 0.331. The highest BCUT2D eigenvalue weighted by Gasteiger charge is 2.40. The summed E-state index contributed by atoms with van der Waals surface area (Å²) in [5, 5.41) is 8.80. The molecule has 1 N–H and O–H groups in total. The lowest BCUT2D eigenvalue weighted by atomic mass is 9.81. The molecule has 2 nitrogen and oxygen atoms in total. The molecule has 0 aliphatic heterocycles. The molecule has 0 aromatic heterocycles. The number of hydrogen-bond acceptors (Lipinski definition) is 1. The van der Waals surface area contributed by atoms with Crippen molar-refractivity contribution in [1.82, 2.24) is 0 Å². The fraction of sp³-hybridized carbons (Fsp3) is 0.533. The van der Waals surface area contributed by atoms with Gasteiger partial charge >= 0.3 is 5.97 Å². The minimum absolute atomic E-state index is 0.0178. The van der Waals surface area contributed by atoms with Crippen LogP contribution in [0.4, 0.5) is 8.78 Å². The van der Waals surface area contributed by atoms with Crippen molar-refractivity contribution in [2.24, 2.45) is 5.41 Å². The number of benzene rings is 1. The molecule has 1 aromatic rings. The zero-order valence-electron chi connectivity index (χ0n) is 12.1. The number of rotatable bonds is 5. The van der Waals surface area contributed by atoms with E-state index in [0.717, 1.165) is 11.1 Å². The Morgan fingerprint density at radius 3 is 2.25 bits per heavy atom. The maximum Gasteiger partial charge on any atom is 0.303 e. The van der Waals surface area contributed by atoms with Gasteiger partial charge < -0.3 is 5.11 Å². The highest BCUT2D eigenvalue weighted by atomic mass is 35.5. The summed E-state index contributed by atoms with van der Waals surface area (Å²) in [7, 11) is 0. The Morgan fingerprint density at radius 1 is 1.25 bits per heavy atom. The third kappa shape index (κ3) is 4.17. The second kappa shape index (κ2) is 5.68. The van der Waals surface area contributed by atoms with E-state index in [0.29, 0.717) is 0 Å². The predicted octanol–water partition coefficient (Wildman–Crippen LogP) is 4.94. The number of carbonyl (C=O) groups is 1. The highest BCUT2D eigenvalue weighted by Crippen LogP contribution is 2.44. The second-order valence-corrected chi connectivity index (χ2v) is 6.44. The molecule has 112 valence electrons.